The summed E-state index contributed by atoms with van der Waals surface area (Å²) in [4.78, 5) is 16.9. The average molecular weight is 2080 g/mol. The zero-order valence-corrected chi connectivity index (χ0v) is 74.3. The number of H-pyrrole nitrogens is 6. The molecule has 4 radical (unpaired) electrons. The van der Waals surface area contributed by atoms with Crippen LogP contribution in [0.1, 0.15) is 68.3 Å². The summed E-state index contributed by atoms with van der Waals surface area (Å²) in [5.41, 5.74) is -10.7. The Morgan fingerprint density at radius 2 is 0.379 bits per heavy atom. The molecule has 0 spiro atoms. The van der Waals surface area contributed by atoms with Gasteiger partial charge in [0.2, 0.25) is 0 Å². The minimum Gasteiger partial charge on any atom is -0.744 e. The van der Waals surface area contributed by atoms with Crippen LogP contribution in [0.5, 0.6) is 0 Å². The number of hydrogen-bond donors (Lipinski definition) is 6. The quantitative estimate of drug-likeness (QED) is 0.0913. The van der Waals surface area contributed by atoms with E-state index < -0.39 is 231 Å². The van der Waals surface area contributed by atoms with E-state index in [1.807, 2.05) is 0 Å². The van der Waals surface area contributed by atoms with Gasteiger partial charge in [-0.2, -0.15) is 0 Å². The van der Waals surface area contributed by atoms with Crippen LogP contribution in [0.15, 0.2) is 139 Å². The normalized spacial score (nSPS) is 14.1. The van der Waals surface area contributed by atoms with Crippen molar-refractivity contribution in [2.24, 2.45) is 0 Å². The maximum Gasteiger partial charge on any atom is 0.128 e. The Labute approximate surface area is 742 Å². The Morgan fingerprint density at radius 1 is 0.194 bits per heavy atom. The van der Waals surface area contributed by atoms with E-state index in [-0.39, 0.29) is 141 Å². The molecule has 0 atom stereocenters. The zero-order chi connectivity index (χ0) is 88.2. The first-order chi connectivity index (χ1) is 55.0. The Kier molecular flexibility index (Phi) is 27.1. The number of aromatic amines is 6. The van der Waals surface area contributed by atoms with Gasteiger partial charge in [-0.15, -0.1) is 0 Å². The van der Waals surface area contributed by atoms with Gasteiger partial charge in [0.05, 0.1) is 97.2 Å². The Morgan fingerprint density at radius 3 is 0.556 bits per heavy atom. The number of nitrogens with one attached hydrogen (secondary N) is 6. The van der Waals surface area contributed by atoms with Gasteiger partial charge in [-0.1, -0.05) is 0 Å². The molecule has 0 amide bonds. The standard InChI is InChI=1S/3C20H14N4O12S4.4V/c3*25-37(26,27)15-8-13-6-11-2-1-9(21-11)5-10-3-4-12(22-10)7-14-18(38(28,29)30)20(40(34,35)36)17(24-14)19(16(15)23-13)39(31,32)33;;;;/h3*1-8,21,23H,(H,25,26,27)(H,28,29,30)(H,31,32,33)(H,34,35,36);;;;/p-12. The summed E-state index contributed by atoms with van der Waals surface area (Å²) in [6, 6.07) is 21.3. The first-order valence-corrected chi connectivity index (χ1v) is 47.9. The van der Waals surface area contributed by atoms with Crippen molar-refractivity contribution in [2.75, 3.05) is 0 Å². The second-order valence-electron chi connectivity index (χ2n) is 24.6. The van der Waals surface area contributed by atoms with Crippen molar-refractivity contribution in [3.8, 4) is 0 Å². The predicted molar refractivity (Wildman–Crippen MR) is 396 cm³/mol. The van der Waals surface area contributed by atoms with E-state index in [1.165, 1.54) is 91.1 Å². The van der Waals surface area contributed by atoms with E-state index in [1.54, 1.807) is 18.2 Å². The fraction of sp³-hybridized carbons (Fsp3) is 0. The van der Waals surface area contributed by atoms with Crippen molar-refractivity contribution in [3.05, 3.63) is 178 Å². The first-order valence-electron chi connectivity index (χ1n) is 31.0. The van der Waals surface area contributed by atoms with Crippen molar-refractivity contribution in [1.29, 1.82) is 0 Å². The molecule has 6 N–H and O–H groups in total. The number of fused-ring (bicyclic) bond motifs is 24. The zero-order valence-electron chi connectivity index (χ0n) is 58.9. The minimum atomic E-state index is -6.12. The third kappa shape index (κ3) is 20.8. The van der Waals surface area contributed by atoms with Crippen LogP contribution in [0.4, 0.5) is 0 Å². The second-order valence-corrected chi connectivity index (χ2v) is 40.5. The van der Waals surface area contributed by atoms with E-state index in [4.69, 9.17) is 0 Å². The molecule has 0 saturated heterocycles. The fourth-order valence-corrected chi connectivity index (χ4v) is 23.0. The van der Waals surface area contributed by atoms with Gasteiger partial charge in [-0.05, 0) is 146 Å². The van der Waals surface area contributed by atoms with Gasteiger partial charge in [0.1, 0.15) is 168 Å². The van der Waals surface area contributed by atoms with Crippen molar-refractivity contribution in [1.82, 2.24) is 59.8 Å². The van der Waals surface area contributed by atoms with Gasteiger partial charge in [0.25, 0.3) is 0 Å². The maximum absolute atomic E-state index is 12.4. The van der Waals surface area contributed by atoms with E-state index >= 15 is 0 Å². The summed E-state index contributed by atoms with van der Waals surface area (Å²) in [6.07, 6.45) is 8.10. The molecule has 0 aromatic carbocycles. The molecule has 6 aliphatic heterocycles. The average Bonchev–Trinajstić information content (AvgIpc) is 1.58. The van der Waals surface area contributed by atoms with Gasteiger partial charge >= 0.3 is 0 Å². The number of aromatic nitrogens is 12. The largest absolute Gasteiger partial charge is 0.744 e. The minimum absolute atomic E-state index is 0. The van der Waals surface area contributed by atoms with E-state index in [0.29, 0.717) is 34.7 Å². The van der Waals surface area contributed by atoms with E-state index in [9.17, 15) is 156 Å². The van der Waals surface area contributed by atoms with Gasteiger partial charge in [0, 0.05) is 124 Å². The molecule has 15 heterocycles. The molecule has 0 saturated carbocycles. The van der Waals surface area contributed by atoms with Crippen LogP contribution in [-0.4, -0.2) is 215 Å². The summed E-state index contributed by atoms with van der Waals surface area (Å²) >= 11 is 0. The van der Waals surface area contributed by atoms with E-state index in [0.717, 1.165) is 18.2 Å². The molecule has 0 fully saturated rings. The Hall–Kier alpha value is -8.94. The SMILES string of the molecule is O=S(=O)([O-])C1=C(S(=O)(=O)[O-])c2nc1cc1nc(cc3ccc(cc4cc(S(=O)(=O)[O-])c([nH]4)c2S(=O)(=O)[O-])[nH]3)C=C1.O=S(=O)([O-])C1=C(S(=O)(=O)[O-])c2nc1cc1nc(cc3ccc(cc4cc(S(=O)(=O)[O-])c([nH]4)c2S(=O)(=O)[O-])[nH]3)C=C1.O=S(=O)([O-])C1=C(S(=O)(=O)[O-])c2nc1cc1nc(cc3ccc(cc4cc(S(=O)(=O)[O-])c([nH]4)c2S(=O)(=O)[O-])[nH]3)C=C1.[V].[V].[V].[V]. The third-order valence-electron chi connectivity index (χ3n) is 16.4. The van der Waals surface area contributed by atoms with Crippen LogP contribution >= 0.6 is 0 Å². The molecule has 24 bridgehead atoms. The molecule has 0 aliphatic carbocycles. The summed E-state index contributed by atoms with van der Waals surface area (Å²) < 4.78 is 440. The van der Waals surface area contributed by atoms with Gasteiger partial charge in [-0.25, -0.2) is 131 Å². The van der Waals surface area contributed by atoms with Crippen LogP contribution in [-0.2, 0) is 196 Å². The molecule has 650 valence electrons. The van der Waals surface area contributed by atoms with E-state index in [2.05, 4.69) is 59.8 Å². The Balaban J connectivity index is 0.000000207. The predicted octanol–water partition coefficient (Wildman–Crippen LogP) is 0.619. The molecule has 9 aromatic heterocycles. The summed E-state index contributed by atoms with van der Waals surface area (Å²) in [5.74, 6) is 0. The van der Waals surface area contributed by atoms with Crippen molar-refractivity contribution >= 4 is 254 Å². The van der Waals surface area contributed by atoms with Gasteiger partial charge in [0.15, 0.2) is 0 Å². The third-order valence-corrected chi connectivity index (χ3v) is 27.5. The number of hydrogen-bond acceptors (Lipinski definition) is 42. The molecule has 9 aromatic rings. The molecule has 6 aliphatic rings. The maximum atomic E-state index is 12.4. The van der Waals surface area contributed by atoms with Crippen LogP contribution in [0, 0.1) is 0 Å². The molecular weight excluding hydrogens is 2050 g/mol. The van der Waals surface area contributed by atoms with Gasteiger partial charge in [-0.3, -0.25) is 0 Å². The molecule has 48 nitrogen and oxygen atoms in total. The molecule has 124 heavy (non-hydrogen) atoms. The van der Waals surface area contributed by atoms with Crippen LogP contribution in [0.25, 0.3) is 132 Å². The summed E-state index contributed by atoms with van der Waals surface area (Å²) in [6.45, 7) is 0. The number of rotatable bonds is 12. The fourth-order valence-electron chi connectivity index (χ4n) is 12.2. The first kappa shape index (κ1) is 98.8. The van der Waals surface area contributed by atoms with Crippen LogP contribution < -0.4 is 0 Å². The van der Waals surface area contributed by atoms with Crippen LogP contribution in [0.2, 0.25) is 0 Å². The van der Waals surface area contributed by atoms with Gasteiger partial charge < -0.3 is 84.5 Å². The topological polar surface area (TPSA) is 858 Å². The van der Waals surface area contributed by atoms with Crippen molar-refractivity contribution < 1.29 is 230 Å². The Bertz CT molecular complexity index is 7750. The second kappa shape index (κ2) is 34.0. The van der Waals surface area contributed by atoms with Crippen LogP contribution in [0.3, 0.4) is 0 Å². The number of nitrogens with zero attached hydrogens (tertiary/aromatic N) is 6. The summed E-state index contributed by atoms with van der Waals surface area (Å²) in [5, 5.41) is 0. The summed E-state index contributed by atoms with van der Waals surface area (Å²) in [7, 11) is -71.3. The molecule has 0 unspecified atom stereocenters. The van der Waals surface area contributed by atoms with Crippen molar-refractivity contribution in [2.45, 2.75) is 29.4 Å². The molecule has 15 rings (SSSR count). The smallest absolute Gasteiger partial charge is 0.128 e. The molecule has 64 heteroatoms. The monoisotopic (exact) mass is 2080 g/mol. The van der Waals surface area contributed by atoms with Crippen molar-refractivity contribution in [3.63, 3.8) is 0 Å². The molecular formula is C60H30N12O36S12V4-12.